The molecule has 0 atom stereocenters. The molecule has 0 aromatic heterocycles. The van der Waals surface area contributed by atoms with Gasteiger partial charge >= 0.3 is 0 Å². The predicted octanol–water partition coefficient (Wildman–Crippen LogP) is 1.63. The van der Waals surface area contributed by atoms with E-state index in [1.807, 2.05) is 16.3 Å². The van der Waals surface area contributed by atoms with E-state index in [4.69, 9.17) is 0 Å². The standard InChI is InChI=1S/C15H14N2O4S/c18-14-9-5-4-8-13(14)15(19)16-17-22(20,21)11-10-12-6-2-1-3-7-12/h1-11,17-18H,(H,16,19). The quantitative estimate of drug-likeness (QED) is 0.730. The van der Waals surface area contributed by atoms with Crippen molar-refractivity contribution in [1.82, 2.24) is 10.3 Å². The Morgan fingerprint density at radius 3 is 2.32 bits per heavy atom. The van der Waals surface area contributed by atoms with Gasteiger partial charge in [0.2, 0.25) is 0 Å². The van der Waals surface area contributed by atoms with Crippen LogP contribution in [0.2, 0.25) is 0 Å². The second kappa shape index (κ2) is 6.88. The van der Waals surface area contributed by atoms with E-state index in [1.54, 1.807) is 36.4 Å². The number of sulfonamides is 1. The summed E-state index contributed by atoms with van der Waals surface area (Å²) in [6, 6.07) is 14.7. The summed E-state index contributed by atoms with van der Waals surface area (Å²) in [5, 5.41) is 10.4. The van der Waals surface area contributed by atoms with Crippen LogP contribution in [0.1, 0.15) is 15.9 Å². The van der Waals surface area contributed by atoms with Crippen molar-refractivity contribution in [2.75, 3.05) is 0 Å². The minimum atomic E-state index is -3.84. The Labute approximate surface area is 128 Å². The molecule has 6 nitrogen and oxygen atoms in total. The number of hydrazine groups is 1. The molecule has 0 aliphatic carbocycles. The molecule has 0 aliphatic rings. The Morgan fingerprint density at radius 2 is 1.64 bits per heavy atom. The Hall–Kier alpha value is -2.64. The van der Waals surface area contributed by atoms with Crippen LogP contribution in [-0.2, 0) is 10.0 Å². The first-order valence-corrected chi connectivity index (χ1v) is 7.86. The van der Waals surface area contributed by atoms with Crippen LogP contribution in [0.3, 0.4) is 0 Å². The fraction of sp³-hybridized carbons (Fsp3) is 0. The van der Waals surface area contributed by atoms with Crippen molar-refractivity contribution in [2.45, 2.75) is 0 Å². The highest BCUT2D eigenvalue weighted by molar-refractivity contribution is 7.92. The number of nitrogens with one attached hydrogen (secondary N) is 2. The Kier molecular flexibility index (Phi) is 4.92. The largest absolute Gasteiger partial charge is 0.507 e. The lowest BCUT2D eigenvalue weighted by atomic mass is 10.2. The van der Waals surface area contributed by atoms with Gasteiger partial charge in [-0.05, 0) is 23.8 Å². The lowest BCUT2D eigenvalue weighted by Crippen LogP contribution is -2.40. The summed E-state index contributed by atoms with van der Waals surface area (Å²) in [4.78, 5) is 13.7. The molecule has 2 aromatic rings. The number of phenolic OH excluding ortho intramolecular Hbond substituents is 1. The van der Waals surface area contributed by atoms with Crippen LogP contribution in [0.15, 0.2) is 60.0 Å². The molecule has 0 heterocycles. The number of rotatable bonds is 5. The SMILES string of the molecule is O=C(NNS(=O)(=O)C=Cc1ccccc1)c1ccccc1O. The normalized spacial score (nSPS) is 11.5. The zero-order valence-electron chi connectivity index (χ0n) is 11.4. The summed E-state index contributed by atoms with van der Waals surface area (Å²) in [5.41, 5.74) is 2.71. The van der Waals surface area contributed by atoms with Gasteiger partial charge in [-0.15, -0.1) is 4.83 Å². The lowest BCUT2D eigenvalue weighted by Gasteiger charge is -2.06. The smallest absolute Gasteiger partial charge is 0.269 e. The highest BCUT2D eigenvalue weighted by Crippen LogP contribution is 2.14. The Morgan fingerprint density at radius 1 is 1.00 bits per heavy atom. The summed E-state index contributed by atoms with van der Waals surface area (Å²) in [6.07, 6.45) is 1.40. The van der Waals surface area contributed by atoms with Gasteiger partial charge in [-0.1, -0.05) is 42.5 Å². The predicted molar refractivity (Wildman–Crippen MR) is 83.1 cm³/mol. The highest BCUT2D eigenvalue weighted by atomic mass is 32.2. The van der Waals surface area contributed by atoms with Crippen LogP contribution in [-0.4, -0.2) is 19.4 Å². The molecule has 0 saturated heterocycles. The summed E-state index contributed by atoms with van der Waals surface area (Å²) < 4.78 is 23.5. The van der Waals surface area contributed by atoms with Crippen molar-refractivity contribution in [1.29, 1.82) is 0 Å². The monoisotopic (exact) mass is 318 g/mol. The average Bonchev–Trinajstić information content (AvgIpc) is 2.52. The van der Waals surface area contributed by atoms with E-state index in [9.17, 15) is 18.3 Å². The molecule has 1 amide bonds. The Balaban J connectivity index is 2.00. The van der Waals surface area contributed by atoms with Gasteiger partial charge < -0.3 is 5.11 Å². The van der Waals surface area contributed by atoms with Gasteiger partial charge in [0.25, 0.3) is 15.9 Å². The molecule has 0 fully saturated rings. The highest BCUT2D eigenvalue weighted by Gasteiger charge is 2.12. The first-order chi connectivity index (χ1) is 10.5. The third-order valence-electron chi connectivity index (χ3n) is 2.69. The molecular weight excluding hydrogens is 304 g/mol. The van der Waals surface area contributed by atoms with Crippen molar-refractivity contribution >= 4 is 22.0 Å². The van der Waals surface area contributed by atoms with Crippen LogP contribution >= 0.6 is 0 Å². The van der Waals surface area contributed by atoms with Crippen LogP contribution in [0.25, 0.3) is 6.08 Å². The number of benzene rings is 2. The molecule has 3 N–H and O–H groups in total. The molecule has 7 heteroatoms. The second-order valence-electron chi connectivity index (χ2n) is 4.33. The molecule has 22 heavy (non-hydrogen) atoms. The molecular formula is C15H14N2O4S. The maximum absolute atomic E-state index is 11.8. The summed E-state index contributed by atoms with van der Waals surface area (Å²) in [6.45, 7) is 0. The van der Waals surface area contributed by atoms with Crippen molar-refractivity contribution < 1.29 is 18.3 Å². The van der Waals surface area contributed by atoms with E-state index in [2.05, 4.69) is 0 Å². The number of amides is 1. The molecule has 0 spiro atoms. The van der Waals surface area contributed by atoms with Gasteiger partial charge in [-0.2, -0.15) is 0 Å². The van der Waals surface area contributed by atoms with E-state index >= 15 is 0 Å². The molecule has 2 aromatic carbocycles. The van der Waals surface area contributed by atoms with Gasteiger partial charge in [0.1, 0.15) is 5.75 Å². The number of aromatic hydroxyl groups is 1. The van der Waals surface area contributed by atoms with Crippen LogP contribution < -0.4 is 10.3 Å². The summed E-state index contributed by atoms with van der Waals surface area (Å²) in [5.74, 6) is -0.992. The molecule has 0 unspecified atom stereocenters. The molecule has 114 valence electrons. The van der Waals surface area contributed by atoms with E-state index in [0.29, 0.717) is 5.56 Å². The zero-order valence-corrected chi connectivity index (χ0v) is 12.2. The molecule has 0 aliphatic heterocycles. The molecule has 0 saturated carbocycles. The second-order valence-corrected chi connectivity index (χ2v) is 5.90. The fourth-order valence-electron chi connectivity index (χ4n) is 1.62. The fourth-order valence-corrected chi connectivity index (χ4v) is 2.26. The molecule has 0 bridgehead atoms. The average molecular weight is 318 g/mol. The first kappa shape index (κ1) is 15.7. The first-order valence-electron chi connectivity index (χ1n) is 6.31. The van der Waals surface area contributed by atoms with Gasteiger partial charge in [0, 0.05) is 5.41 Å². The van der Waals surface area contributed by atoms with Crippen LogP contribution in [0.5, 0.6) is 5.75 Å². The molecule has 2 rings (SSSR count). The number of hydrogen-bond donors (Lipinski definition) is 3. The van der Waals surface area contributed by atoms with Crippen LogP contribution in [0, 0.1) is 0 Å². The van der Waals surface area contributed by atoms with Gasteiger partial charge in [0.15, 0.2) is 0 Å². The lowest BCUT2D eigenvalue weighted by molar-refractivity contribution is 0.0942. The number of phenols is 1. The minimum absolute atomic E-state index is 0.0303. The van der Waals surface area contributed by atoms with E-state index in [1.165, 1.54) is 18.2 Å². The number of para-hydroxylation sites is 1. The third kappa shape index (κ3) is 4.44. The number of hydrogen-bond acceptors (Lipinski definition) is 4. The Bertz CT molecular complexity index is 786. The maximum Gasteiger partial charge on any atom is 0.269 e. The summed E-state index contributed by atoms with van der Waals surface area (Å²) in [7, 11) is -3.84. The third-order valence-corrected chi connectivity index (χ3v) is 3.58. The zero-order chi connectivity index (χ0) is 16.0. The van der Waals surface area contributed by atoms with Crippen molar-refractivity contribution in [3.63, 3.8) is 0 Å². The topological polar surface area (TPSA) is 95.5 Å². The van der Waals surface area contributed by atoms with Crippen molar-refractivity contribution in [3.8, 4) is 5.75 Å². The van der Waals surface area contributed by atoms with Gasteiger partial charge in [-0.25, -0.2) is 8.42 Å². The van der Waals surface area contributed by atoms with E-state index in [0.717, 1.165) is 5.41 Å². The summed E-state index contributed by atoms with van der Waals surface area (Å²) >= 11 is 0. The maximum atomic E-state index is 11.8. The van der Waals surface area contributed by atoms with Crippen molar-refractivity contribution in [2.24, 2.45) is 0 Å². The minimum Gasteiger partial charge on any atom is -0.507 e. The van der Waals surface area contributed by atoms with Gasteiger partial charge in [0.05, 0.1) is 5.56 Å². The van der Waals surface area contributed by atoms with Crippen molar-refractivity contribution in [3.05, 3.63) is 71.1 Å². The van der Waals surface area contributed by atoms with Crippen LogP contribution in [0.4, 0.5) is 0 Å². The van der Waals surface area contributed by atoms with E-state index in [-0.39, 0.29) is 11.3 Å². The number of carbonyl (C=O) groups is 1. The van der Waals surface area contributed by atoms with Gasteiger partial charge in [-0.3, -0.25) is 10.2 Å². The number of carbonyl (C=O) groups excluding carboxylic acids is 1. The van der Waals surface area contributed by atoms with E-state index < -0.39 is 15.9 Å². The molecule has 0 radical (unpaired) electrons.